The van der Waals surface area contributed by atoms with Crippen LogP contribution in [-0.4, -0.2) is 37.4 Å². The number of rotatable bonds is 5. The van der Waals surface area contributed by atoms with Crippen molar-refractivity contribution in [1.82, 2.24) is 19.5 Å². The summed E-state index contributed by atoms with van der Waals surface area (Å²) in [6.07, 6.45) is 3.18. The predicted molar refractivity (Wildman–Crippen MR) is 107 cm³/mol. The van der Waals surface area contributed by atoms with Gasteiger partial charge >= 0.3 is 0 Å². The summed E-state index contributed by atoms with van der Waals surface area (Å²) in [6, 6.07) is 15.4. The number of nitrogens with zero attached hydrogens (tertiary/aromatic N) is 6. The largest absolute Gasteiger partial charge is 0.314 e. The normalized spacial score (nSPS) is 10.8. The summed E-state index contributed by atoms with van der Waals surface area (Å²) >= 11 is 0. The lowest BCUT2D eigenvalue weighted by molar-refractivity contribution is -0.384. The number of benzene rings is 2. The molecule has 2 heterocycles. The highest BCUT2D eigenvalue weighted by Crippen LogP contribution is 2.20. The molecule has 1 amide bonds. The van der Waals surface area contributed by atoms with Crippen LogP contribution >= 0.6 is 0 Å². The second kappa shape index (κ2) is 7.47. The van der Waals surface area contributed by atoms with Gasteiger partial charge in [-0.25, -0.2) is 15.0 Å². The number of nitro benzene ring substituents is 1. The van der Waals surface area contributed by atoms with Crippen molar-refractivity contribution in [3.05, 3.63) is 77.2 Å². The molecule has 0 saturated heterocycles. The van der Waals surface area contributed by atoms with E-state index < -0.39 is 4.92 Å². The van der Waals surface area contributed by atoms with Crippen molar-refractivity contribution >= 4 is 28.4 Å². The van der Waals surface area contributed by atoms with E-state index in [1.54, 1.807) is 24.1 Å². The predicted octanol–water partition coefficient (Wildman–Crippen LogP) is 3.06. The average Bonchev–Trinajstić information content (AvgIpc) is 3.15. The van der Waals surface area contributed by atoms with Gasteiger partial charge in [0.1, 0.15) is 12.1 Å². The molecule has 2 aromatic carbocycles. The van der Waals surface area contributed by atoms with Crippen LogP contribution in [0.2, 0.25) is 0 Å². The Morgan fingerprint density at radius 1 is 1.10 bits per heavy atom. The molecule has 0 N–H and O–H groups in total. The summed E-state index contributed by atoms with van der Waals surface area (Å²) in [4.78, 5) is 37.6. The number of imidazole rings is 1. The third kappa shape index (κ3) is 3.65. The number of anilines is 1. The minimum atomic E-state index is -0.479. The first-order valence-electron chi connectivity index (χ1n) is 8.77. The Bertz CT molecular complexity index is 1190. The molecule has 0 aliphatic carbocycles. The Morgan fingerprint density at radius 3 is 2.52 bits per heavy atom. The maximum absolute atomic E-state index is 12.7. The van der Waals surface area contributed by atoms with Crippen LogP contribution in [-0.2, 0) is 11.3 Å². The van der Waals surface area contributed by atoms with E-state index in [0.717, 1.165) is 5.56 Å². The van der Waals surface area contributed by atoms with Crippen LogP contribution in [0.25, 0.3) is 22.6 Å². The van der Waals surface area contributed by atoms with E-state index in [1.807, 2.05) is 30.3 Å². The molecule has 0 atom stereocenters. The molecule has 0 unspecified atom stereocenters. The zero-order chi connectivity index (χ0) is 20.4. The number of fused-ring (bicyclic) bond motifs is 1. The molecule has 0 spiro atoms. The number of carbonyl (C=O) groups is 1. The number of aromatic nitrogens is 4. The van der Waals surface area contributed by atoms with Crippen molar-refractivity contribution in [1.29, 1.82) is 0 Å². The first kappa shape index (κ1) is 18.2. The molecule has 0 saturated carbocycles. The van der Waals surface area contributed by atoms with Crippen LogP contribution in [0.3, 0.4) is 0 Å². The molecule has 0 bridgehead atoms. The standard InChI is InChI=1S/C20H16N6O3/c1-24(15-7-9-16(10-8-15)26(28)29)18(27)12-25-13-22-17-11-21-19(23-20(17)25)14-5-3-2-4-6-14/h2-11,13H,12H2,1H3. The van der Waals surface area contributed by atoms with Gasteiger partial charge < -0.3 is 9.47 Å². The molecule has 144 valence electrons. The number of carbonyl (C=O) groups excluding carboxylic acids is 1. The SMILES string of the molecule is CN(C(=O)Cn1cnc2cnc(-c3ccccc3)nc21)c1ccc([N+](=O)[O-])cc1. The number of amides is 1. The summed E-state index contributed by atoms with van der Waals surface area (Å²) in [7, 11) is 1.62. The molecule has 0 aliphatic rings. The van der Waals surface area contributed by atoms with Gasteiger partial charge in [-0.15, -0.1) is 0 Å². The second-order valence-corrected chi connectivity index (χ2v) is 6.37. The molecule has 0 aliphatic heterocycles. The van der Waals surface area contributed by atoms with Crippen LogP contribution in [0.1, 0.15) is 0 Å². The van der Waals surface area contributed by atoms with Gasteiger partial charge in [-0.05, 0) is 12.1 Å². The highest BCUT2D eigenvalue weighted by atomic mass is 16.6. The fourth-order valence-corrected chi connectivity index (χ4v) is 2.89. The summed E-state index contributed by atoms with van der Waals surface area (Å²) in [5, 5.41) is 10.8. The third-order valence-corrected chi connectivity index (χ3v) is 4.52. The van der Waals surface area contributed by atoms with Crippen molar-refractivity contribution < 1.29 is 9.72 Å². The van der Waals surface area contributed by atoms with E-state index in [1.165, 1.54) is 29.2 Å². The van der Waals surface area contributed by atoms with Gasteiger partial charge in [0.25, 0.3) is 5.69 Å². The van der Waals surface area contributed by atoms with Gasteiger partial charge in [0.05, 0.1) is 17.4 Å². The van der Waals surface area contributed by atoms with E-state index in [9.17, 15) is 14.9 Å². The first-order chi connectivity index (χ1) is 14.0. The second-order valence-electron chi connectivity index (χ2n) is 6.37. The Balaban J connectivity index is 1.58. The first-order valence-corrected chi connectivity index (χ1v) is 8.77. The molecule has 9 heteroatoms. The highest BCUT2D eigenvalue weighted by molar-refractivity contribution is 5.93. The molecule has 0 fully saturated rings. The maximum atomic E-state index is 12.7. The molecular formula is C20H16N6O3. The third-order valence-electron chi connectivity index (χ3n) is 4.52. The van der Waals surface area contributed by atoms with E-state index in [-0.39, 0.29) is 18.1 Å². The number of hydrogen-bond acceptors (Lipinski definition) is 6. The molecule has 2 aromatic heterocycles. The topological polar surface area (TPSA) is 107 Å². The van der Waals surface area contributed by atoms with Gasteiger partial charge in [-0.1, -0.05) is 30.3 Å². The molecule has 4 aromatic rings. The average molecular weight is 388 g/mol. The monoisotopic (exact) mass is 388 g/mol. The minimum absolute atomic E-state index is 0.0230. The van der Waals surface area contributed by atoms with Gasteiger partial charge in [0, 0.05) is 30.4 Å². The molecule has 4 rings (SSSR count). The number of nitro groups is 1. The zero-order valence-corrected chi connectivity index (χ0v) is 15.5. The van der Waals surface area contributed by atoms with Crippen LogP contribution in [0.4, 0.5) is 11.4 Å². The van der Waals surface area contributed by atoms with E-state index in [2.05, 4.69) is 15.0 Å². The number of non-ortho nitro benzene ring substituents is 1. The molecule has 9 nitrogen and oxygen atoms in total. The van der Waals surface area contributed by atoms with Gasteiger partial charge in [0.2, 0.25) is 5.91 Å². The van der Waals surface area contributed by atoms with Crippen molar-refractivity contribution in [3.63, 3.8) is 0 Å². The summed E-state index contributed by atoms with van der Waals surface area (Å²) in [5.74, 6) is 0.342. The summed E-state index contributed by atoms with van der Waals surface area (Å²) in [6.45, 7) is 0.0230. The van der Waals surface area contributed by atoms with Crippen molar-refractivity contribution in [2.24, 2.45) is 0 Å². The van der Waals surface area contributed by atoms with Gasteiger partial charge in [-0.3, -0.25) is 14.9 Å². The maximum Gasteiger partial charge on any atom is 0.269 e. The fourth-order valence-electron chi connectivity index (χ4n) is 2.89. The van der Waals surface area contributed by atoms with Crippen LogP contribution in [0, 0.1) is 10.1 Å². The van der Waals surface area contributed by atoms with E-state index in [4.69, 9.17) is 0 Å². The van der Waals surface area contributed by atoms with Crippen LogP contribution < -0.4 is 4.90 Å². The van der Waals surface area contributed by atoms with Crippen molar-refractivity contribution in [3.8, 4) is 11.4 Å². The number of hydrogen-bond donors (Lipinski definition) is 0. The van der Waals surface area contributed by atoms with Gasteiger partial charge in [0.15, 0.2) is 11.5 Å². The lowest BCUT2D eigenvalue weighted by atomic mass is 10.2. The summed E-state index contributed by atoms with van der Waals surface area (Å²) < 4.78 is 1.66. The smallest absolute Gasteiger partial charge is 0.269 e. The van der Waals surface area contributed by atoms with Crippen LogP contribution in [0.5, 0.6) is 0 Å². The lowest BCUT2D eigenvalue weighted by Crippen LogP contribution is -2.29. The van der Waals surface area contributed by atoms with Crippen LogP contribution in [0.15, 0.2) is 67.1 Å². The van der Waals surface area contributed by atoms with Crippen molar-refractivity contribution in [2.45, 2.75) is 6.54 Å². The Morgan fingerprint density at radius 2 is 1.83 bits per heavy atom. The Hall–Kier alpha value is -4.14. The molecule has 0 radical (unpaired) electrons. The Kier molecular flexibility index (Phi) is 4.70. The number of likely N-dealkylation sites (N-methyl/N-ethyl adjacent to an activating group) is 1. The molecular weight excluding hydrogens is 372 g/mol. The fraction of sp³-hybridized carbons (Fsp3) is 0.100. The zero-order valence-electron chi connectivity index (χ0n) is 15.5. The van der Waals surface area contributed by atoms with Gasteiger partial charge in [-0.2, -0.15) is 0 Å². The van der Waals surface area contributed by atoms with E-state index in [0.29, 0.717) is 22.7 Å². The lowest BCUT2D eigenvalue weighted by Gasteiger charge is -2.17. The minimum Gasteiger partial charge on any atom is -0.314 e. The van der Waals surface area contributed by atoms with E-state index >= 15 is 0 Å². The quantitative estimate of drug-likeness (QED) is 0.384. The summed E-state index contributed by atoms with van der Waals surface area (Å²) in [5.41, 5.74) is 2.56. The van der Waals surface area contributed by atoms with Crippen molar-refractivity contribution in [2.75, 3.05) is 11.9 Å². The highest BCUT2D eigenvalue weighted by Gasteiger charge is 2.16. The molecule has 29 heavy (non-hydrogen) atoms. The Labute approximate surface area is 165 Å².